The summed E-state index contributed by atoms with van der Waals surface area (Å²) in [5.41, 5.74) is 2.41. The standard InChI is InChI=1S/C13H13Cl2NS/c1-8-3-4-9(14)7-10(8)13(16-2)11-5-6-12(15)17-11/h3-7,13,16H,1-2H3. The van der Waals surface area contributed by atoms with E-state index in [1.807, 2.05) is 31.3 Å². The van der Waals surface area contributed by atoms with Crippen molar-refractivity contribution in [2.45, 2.75) is 13.0 Å². The second-order valence-corrected chi connectivity index (χ2v) is 6.05. The first kappa shape index (κ1) is 12.9. The molecule has 17 heavy (non-hydrogen) atoms. The average Bonchev–Trinajstić information content (AvgIpc) is 2.71. The van der Waals surface area contributed by atoms with Crippen molar-refractivity contribution in [1.82, 2.24) is 5.32 Å². The van der Waals surface area contributed by atoms with E-state index in [0.717, 1.165) is 9.36 Å². The normalized spacial score (nSPS) is 12.7. The molecule has 2 aromatic rings. The van der Waals surface area contributed by atoms with Gasteiger partial charge in [0.1, 0.15) is 0 Å². The Kier molecular flexibility index (Phi) is 4.10. The molecular weight excluding hydrogens is 273 g/mol. The Balaban J connectivity index is 2.45. The van der Waals surface area contributed by atoms with Crippen LogP contribution in [0.1, 0.15) is 22.0 Å². The van der Waals surface area contributed by atoms with Gasteiger partial charge in [-0.05, 0) is 49.4 Å². The van der Waals surface area contributed by atoms with Gasteiger partial charge in [0.2, 0.25) is 0 Å². The SMILES string of the molecule is CNC(c1ccc(Cl)s1)c1cc(Cl)ccc1C. The summed E-state index contributed by atoms with van der Waals surface area (Å²) in [7, 11) is 1.94. The van der Waals surface area contributed by atoms with Gasteiger partial charge < -0.3 is 5.32 Å². The monoisotopic (exact) mass is 285 g/mol. The van der Waals surface area contributed by atoms with E-state index in [-0.39, 0.29) is 6.04 Å². The molecule has 0 saturated heterocycles. The molecule has 1 aromatic heterocycles. The maximum atomic E-state index is 6.06. The zero-order valence-corrected chi connectivity index (χ0v) is 12.0. The molecule has 0 radical (unpaired) electrons. The predicted octanol–water partition coefficient (Wildman–Crippen LogP) is 4.67. The van der Waals surface area contributed by atoms with Crippen LogP contribution in [-0.2, 0) is 0 Å². The van der Waals surface area contributed by atoms with Gasteiger partial charge in [-0.15, -0.1) is 11.3 Å². The second kappa shape index (κ2) is 5.40. The Morgan fingerprint density at radius 2 is 1.94 bits per heavy atom. The maximum Gasteiger partial charge on any atom is 0.0931 e. The van der Waals surface area contributed by atoms with E-state index >= 15 is 0 Å². The molecule has 90 valence electrons. The molecule has 1 atom stereocenters. The van der Waals surface area contributed by atoms with Crippen molar-refractivity contribution in [3.05, 3.63) is 55.7 Å². The van der Waals surface area contributed by atoms with Gasteiger partial charge in [-0.25, -0.2) is 0 Å². The van der Waals surface area contributed by atoms with Crippen molar-refractivity contribution in [2.24, 2.45) is 0 Å². The molecule has 0 aliphatic rings. The molecule has 0 aliphatic carbocycles. The van der Waals surface area contributed by atoms with Crippen LogP contribution in [0.25, 0.3) is 0 Å². The number of thiophene rings is 1. The number of benzene rings is 1. The van der Waals surface area contributed by atoms with E-state index < -0.39 is 0 Å². The van der Waals surface area contributed by atoms with Crippen LogP contribution in [0.15, 0.2) is 30.3 Å². The third kappa shape index (κ3) is 2.83. The summed E-state index contributed by atoms with van der Waals surface area (Å²) < 4.78 is 0.805. The first-order chi connectivity index (χ1) is 8.11. The predicted molar refractivity (Wildman–Crippen MR) is 76.4 cm³/mol. The molecule has 0 fully saturated rings. The Hall–Kier alpha value is -0.540. The largest absolute Gasteiger partial charge is 0.309 e. The molecule has 2 rings (SSSR count). The lowest BCUT2D eigenvalue weighted by atomic mass is 10.0. The van der Waals surface area contributed by atoms with Crippen molar-refractivity contribution in [1.29, 1.82) is 0 Å². The van der Waals surface area contributed by atoms with E-state index in [9.17, 15) is 0 Å². The molecule has 1 aromatic carbocycles. The maximum absolute atomic E-state index is 6.06. The fraction of sp³-hybridized carbons (Fsp3) is 0.231. The number of aryl methyl sites for hydroxylation is 1. The van der Waals surface area contributed by atoms with Gasteiger partial charge in [0, 0.05) is 9.90 Å². The van der Waals surface area contributed by atoms with Gasteiger partial charge in [0.25, 0.3) is 0 Å². The fourth-order valence-electron chi connectivity index (χ4n) is 1.86. The van der Waals surface area contributed by atoms with Crippen molar-refractivity contribution in [3.8, 4) is 0 Å². The molecule has 0 bridgehead atoms. The van der Waals surface area contributed by atoms with Gasteiger partial charge in [0.15, 0.2) is 0 Å². The summed E-state index contributed by atoms with van der Waals surface area (Å²) in [4.78, 5) is 1.20. The van der Waals surface area contributed by atoms with Crippen LogP contribution in [0.3, 0.4) is 0 Å². The third-order valence-corrected chi connectivity index (χ3v) is 4.25. The average molecular weight is 286 g/mol. The molecule has 1 heterocycles. The summed E-state index contributed by atoms with van der Waals surface area (Å²) in [5.74, 6) is 0. The first-order valence-electron chi connectivity index (χ1n) is 5.30. The Bertz CT molecular complexity index is 522. The van der Waals surface area contributed by atoms with E-state index in [1.165, 1.54) is 16.0 Å². The number of hydrogen-bond acceptors (Lipinski definition) is 2. The topological polar surface area (TPSA) is 12.0 Å². The minimum atomic E-state index is 0.145. The van der Waals surface area contributed by atoms with Gasteiger partial charge in [-0.2, -0.15) is 0 Å². The number of halogens is 2. The molecule has 1 nitrogen and oxygen atoms in total. The molecule has 0 aliphatic heterocycles. The number of nitrogens with one attached hydrogen (secondary N) is 1. The lowest BCUT2D eigenvalue weighted by Crippen LogP contribution is -2.17. The summed E-state index contributed by atoms with van der Waals surface area (Å²) >= 11 is 13.6. The highest BCUT2D eigenvalue weighted by Gasteiger charge is 2.16. The van der Waals surface area contributed by atoms with Gasteiger partial charge in [-0.1, -0.05) is 29.3 Å². The quantitative estimate of drug-likeness (QED) is 0.864. The molecule has 0 spiro atoms. The smallest absolute Gasteiger partial charge is 0.0931 e. The van der Waals surface area contributed by atoms with Crippen molar-refractivity contribution < 1.29 is 0 Å². The summed E-state index contributed by atoms with van der Waals surface area (Å²) in [5, 5.41) is 4.07. The number of hydrogen-bond donors (Lipinski definition) is 1. The Morgan fingerprint density at radius 1 is 1.18 bits per heavy atom. The van der Waals surface area contributed by atoms with Crippen LogP contribution in [0.2, 0.25) is 9.36 Å². The molecule has 0 amide bonds. The van der Waals surface area contributed by atoms with Crippen LogP contribution in [0, 0.1) is 6.92 Å². The van der Waals surface area contributed by atoms with Crippen molar-refractivity contribution >= 4 is 34.5 Å². The molecule has 0 saturated carbocycles. The lowest BCUT2D eigenvalue weighted by Gasteiger charge is -2.17. The molecular formula is C13H13Cl2NS. The minimum absolute atomic E-state index is 0.145. The summed E-state index contributed by atoms with van der Waals surface area (Å²) in [6.07, 6.45) is 0. The van der Waals surface area contributed by atoms with Crippen LogP contribution in [0.4, 0.5) is 0 Å². The Labute approximate surface area is 115 Å². The Morgan fingerprint density at radius 3 is 2.53 bits per heavy atom. The highest BCUT2D eigenvalue weighted by molar-refractivity contribution is 7.16. The third-order valence-electron chi connectivity index (χ3n) is 2.72. The highest BCUT2D eigenvalue weighted by Crippen LogP contribution is 2.33. The van der Waals surface area contributed by atoms with E-state index in [1.54, 1.807) is 11.3 Å². The molecule has 1 N–H and O–H groups in total. The van der Waals surface area contributed by atoms with E-state index in [4.69, 9.17) is 23.2 Å². The van der Waals surface area contributed by atoms with Crippen LogP contribution >= 0.6 is 34.5 Å². The van der Waals surface area contributed by atoms with Gasteiger partial charge >= 0.3 is 0 Å². The van der Waals surface area contributed by atoms with Gasteiger partial charge in [-0.3, -0.25) is 0 Å². The summed E-state index contributed by atoms with van der Waals surface area (Å²) in [6.45, 7) is 2.09. The second-order valence-electron chi connectivity index (χ2n) is 3.86. The van der Waals surface area contributed by atoms with Crippen LogP contribution in [0.5, 0.6) is 0 Å². The van der Waals surface area contributed by atoms with Crippen molar-refractivity contribution in [2.75, 3.05) is 7.05 Å². The lowest BCUT2D eigenvalue weighted by molar-refractivity contribution is 0.699. The van der Waals surface area contributed by atoms with E-state index in [0.29, 0.717) is 0 Å². The summed E-state index contributed by atoms with van der Waals surface area (Å²) in [6, 6.07) is 10.1. The molecule has 4 heteroatoms. The number of rotatable bonds is 3. The minimum Gasteiger partial charge on any atom is -0.309 e. The zero-order chi connectivity index (χ0) is 12.4. The van der Waals surface area contributed by atoms with Gasteiger partial charge in [0.05, 0.1) is 10.4 Å². The van der Waals surface area contributed by atoms with Crippen LogP contribution in [-0.4, -0.2) is 7.05 Å². The highest BCUT2D eigenvalue weighted by atomic mass is 35.5. The zero-order valence-electron chi connectivity index (χ0n) is 9.63. The first-order valence-corrected chi connectivity index (χ1v) is 6.87. The fourth-order valence-corrected chi connectivity index (χ4v) is 3.23. The van der Waals surface area contributed by atoms with Crippen LogP contribution < -0.4 is 5.32 Å². The van der Waals surface area contributed by atoms with Crippen molar-refractivity contribution in [3.63, 3.8) is 0 Å². The van der Waals surface area contributed by atoms with E-state index in [2.05, 4.69) is 18.3 Å². The molecule has 1 unspecified atom stereocenters.